The Hall–Kier alpha value is -0.150. The highest BCUT2D eigenvalue weighted by atomic mass is 19.0. The van der Waals surface area contributed by atoms with Crippen molar-refractivity contribution in [2.45, 2.75) is 6.10 Å². The van der Waals surface area contributed by atoms with Crippen LogP contribution in [-0.2, 0) is 4.74 Å². The molecule has 1 unspecified atom stereocenters. The lowest BCUT2D eigenvalue weighted by Crippen LogP contribution is -1.88. The van der Waals surface area contributed by atoms with Crippen LogP contribution in [0.5, 0.6) is 0 Å². The number of hydrogen-bond acceptors (Lipinski definition) is 2. The van der Waals surface area contributed by atoms with Crippen LogP contribution in [0, 0.1) is 0 Å². The molecule has 0 aromatic rings. The van der Waals surface area contributed by atoms with Crippen LogP contribution in [0.4, 0.5) is 4.70 Å². The topological polar surface area (TPSA) is 32.8 Å². The van der Waals surface area contributed by atoms with Gasteiger partial charge in [0.15, 0.2) is 0 Å². The van der Waals surface area contributed by atoms with Crippen molar-refractivity contribution in [2.75, 3.05) is 13.2 Å². The molecule has 1 atom stereocenters. The zero-order chi connectivity index (χ0) is 3.70. The Morgan fingerprint density at radius 2 is 2.33 bits per heavy atom. The van der Waals surface area contributed by atoms with Gasteiger partial charge in [-0.25, -0.2) is 0 Å². The van der Waals surface area contributed by atoms with Crippen molar-refractivity contribution in [2.24, 2.45) is 0 Å². The summed E-state index contributed by atoms with van der Waals surface area (Å²) in [7, 11) is 0. The van der Waals surface area contributed by atoms with Gasteiger partial charge in [-0.15, -0.1) is 0 Å². The Kier molecular flexibility index (Phi) is 2.05. The second-order valence-corrected chi connectivity index (χ2v) is 1.14. The molecule has 1 fully saturated rings. The summed E-state index contributed by atoms with van der Waals surface area (Å²) in [6.45, 7) is 0.955. The molecule has 0 saturated carbocycles. The number of ether oxygens (including phenoxy) is 1. The second kappa shape index (κ2) is 2.10. The summed E-state index contributed by atoms with van der Waals surface area (Å²) in [5.41, 5.74) is 0. The van der Waals surface area contributed by atoms with Gasteiger partial charge in [0.25, 0.3) is 0 Å². The van der Waals surface area contributed by atoms with Crippen molar-refractivity contribution >= 4 is 0 Å². The molecule has 1 aliphatic heterocycles. The maximum Gasteiger partial charge on any atom is 0.104 e. The van der Waals surface area contributed by atoms with Gasteiger partial charge in [0.1, 0.15) is 6.10 Å². The van der Waals surface area contributed by atoms with Crippen LogP contribution in [0.1, 0.15) is 0 Å². The number of rotatable bonds is 1. The van der Waals surface area contributed by atoms with Gasteiger partial charge in [0.2, 0.25) is 0 Å². The lowest BCUT2D eigenvalue weighted by atomic mass is 10.5. The first-order valence-electron chi connectivity index (χ1n) is 1.66. The van der Waals surface area contributed by atoms with Crippen LogP contribution in [0.15, 0.2) is 0 Å². The molecular formula is C3H7FO2. The summed E-state index contributed by atoms with van der Waals surface area (Å²) in [6.07, 6.45) is 0.190. The fraction of sp³-hybridized carbons (Fsp3) is 1.00. The zero-order valence-electron chi connectivity index (χ0n) is 3.26. The third kappa shape index (κ3) is 1.33. The van der Waals surface area contributed by atoms with Crippen molar-refractivity contribution < 1.29 is 14.5 Å². The molecule has 0 amide bonds. The summed E-state index contributed by atoms with van der Waals surface area (Å²) in [6, 6.07) is 0. The summed E-state index contributed by atoms with van der Waals surface area (Å²) in [5, 5.41) is 8.08. The molecule has 1 N–H and O–H groups in total. The third-order valence-electron chi connectivity index (χ3n) is 0.606. The Labute approximate surface area is 35.1 Å². The maximum absolute atomic E-state index is 8.08. The van der Waals surface area contributed by atoms with Crippen LogP contribution in [0.3, 0.4) is 0 Å². The fourth-order valence-electron chi connectivity index (χ4n) is 0.173. The highest BCUT2D eigenvalue weighted by molar-refractivity contribution is 4.65. The van der Waals surface area contributed by atoms with Gasteiger partial charge in [-0.1, -0.05) is 0 Å². The molecule has 38 valence electrons. The number of aliphatic hydroxyl groups excluding tert-OH is 1. The average molecular weight is 94.1 g/mol. The molecule has 0 bridgehead atoms. The molecule has 3 heteroatoms. The number of aliphatic hydroxyl groups is 1. The van der Waals surface area contributed by atoms with Crippen LogP contribution in [0.2, 0.25) is 0 Å². The van der Waals surface area contributed by atoms with E-state index in [-0.39, 0.29) is 17.4 Å². The van der Waals surface area contributed by atoms with E-state index in [1.807, 2.05) is 0 Å². The fourth-order valence-corrected chi connectivity index (χ4v) is 0.173. The van der Waals surface area contributed by atoms with E-state index >= 15 is 0 Å². The van der Waals surface area contributed by atoms with Crippen LogP contribution >= 0.6 is 0 Å². The zero-order valence-corrected chi connectivity index (χ0v) is 3.26. The quantitative estimate of drug-likeness (QED) is 0.445. The molecular weight excluding hydrogens is 87.0 g/mol. The minimum absolute atomic E-state index is 0. The van der Waals surface area contributed by atoms with Gasteiger partial charge in [0, 0.05) is 0 Å². The number of epoxide rings is 1. The van der Waals surface area contributed by atoms with E-state index in [0.29, 0.717) is 0 Å². The van der Waals surface area contributed by atoms with Crippen molar-refractivity contribution in [1.82, 2.24) is 0 Å². The standard InChI is InChI=1S/C3H6O2.FH/c4-1-3-2-5-3;/h3-4H,1-2H2;1H. The molecule has 0 radical (unpaired) electrons. The molecule has 0 spiro atoms. The van der Waals surface area contributed by atoms with E-state index in [4.69, 9.17) is 5.11 Å². The summed E-state index contributed by atoms with van der Waals surface area (Å²) >= 11 is 0. The van der Waals surface area contributed by atoms with Crippen molar-refractivity contribution in [3.05, 3.63) is 0 Å². The minimum Gasteiger partial charge on any atom is -0.394 e. The second-order valence-electron chi connectivity index (χ2n) is 1.14. The summed E-state index contributed by atoms with van der Waals surface area (Å²) in [5.74, 6) is 0. The monoisotopic (exact) mass is 94.0 g/mol. The largest absolute Gasteiger partial charge is 0.394 e. The third-order valence-corrected chi connectivity index (χ3v) is 0.606. The van der Waals surface area contributed by atoms with Crippen molar-refractivity contribution in [3.63, 3.8) is 0 Å². The normalized spacial score (nSPS) is 28.5. The van der Waals surface area contributed by atoms with Gasteiger partial charge in [-0.3, -0.25) is 4.70 Å². The Morgan fingerprint density at radius 1 is 1.83 bits per heavy atom. The Morgan fingerprint density at radius 3 is 2.33 bits per heavy atom. The summed E-state index contributed by atoms with van der Waals surface area (Å²) < 4.78 is 4.61. The van der Waals surface area contributed by atoms with E-state index in [0.717, 1.165) is 6.61 Å². The molecule has 1 saturated heterocycles. The van der Waals surface area contributed by atoms with Crippen molar-refractivity contribution in [1.29, 1.82) is 0 Å². The van der Waals surface area contributed by atoms with Gasteiger partial charge in [-0.2, -0.15) is 0 Å². The molecule has 1 rings (SSSR count). The molecule has 1 aliphatic rings. The molecule has 1 heterocycles. The predicted molar refractivity (Wildman–Crippen MR) is 19.3 cm³/mol. The van der Waals surface area contributed by atoms with Crippen LogP contribution in [0.25, 0.3) is 0 Å². The minimum atomic E-state index is 0. The van der Waals surface area contributed by atoms with Crippen LogP contribution < -0.4 is 0 Å². The first-order chi connectivity index (χ1) is 2.43. The van der Waals surface area contributed by atoms with E-state index < -0.39 is 0 Å². The first kappa shape index (κ1) is 5.85. The van der Waals surface area contributed by atoms with Crippen LogP contribution in [-0.4, -0.2) is 24.4 Å². The predicted octanol–water partition coefficient (Wildman–Crippen LogP) is -0.470. The highest BCUT2D eigenvalue weighted by Crippen LogP contribution is 2.04. The van der Waals surface area contributed by atoms with E-state index in [1.54, 1.807) is 0 Å². The summed E-state index contributed by atoms with van der Waals surface area (Å²) in [4.78, 5) is 0. The Balaban J connectivity index is 0.000000250. The lowest BCUT2D eigenvalue weighted by Gasteiger charge is -1.70. The average Bonchev–Trinajstić information content (AvgIpc) is 2.12. The lowest BCUT2D eigenvalue weighted by molar-refractivity contribution is 0.244. The van der Waals surface area contributed by atoms with Crippen molar-refractivity contribution in [3.8, 4) is 0 Å². The SMILES string of the molecule is F.OCC1CO1. The van der Waals surface area contributed by atoms with Gasteiger partial charge in [-0.05, 0) is 0 Å². The maximum atomic E-state index is 8.08. The van der Waals surface area contributed by atoms with Gasteiger partial charge < -0.3 is 9.84 Å². The number of hydrogen-bond donors (Lipinski definition) is 1. The van der Waals surface area contributed by atoms with Gasteiger partial charge >= 0.3 is 0 Å². The molecule has 0 aromatic heterocycles. The molecule has 6 heavy (non-hydrogen) atoms. The number of halogens is 1. The van der Waals surface area contributed by atoms with E-state index in [2.05, 4.69) is 4.74 Å². The first-order valence-corrected chi connectivity index (χ1v) is 1.66. The molecule has 0 aliphatic carbocycles. The molecule has 2 nitrogen and oxygen atoms in total. The van der Waals surface area contributed by atoms with Gasteiger partial charge in [0.05, 0.1) is 13.2 Å². The van der Waals surface area contributed by atoms with E-state index in [1.165, 1.54) is 0 Å². The highest BCUT2D eigenvalue weighted by Gasteiger charge is 2.19. The molecule has 0 aromatic carbocycles. The smallest absolute Gasteiger partial charge is 0.104 e. The Bertz CT molecular complexity index is 35.8. The van der Waals surface area contributed by atoms with E-state index in [9.17, 15) is 0 Å².